The maximum atomic E-state index is 6.12. The topological polar surface area (TPSA) is 15.3 Å². The van der Waals surface area contributed by atoms with Gasteiger partial charge in [0.05, 0.1) is 0 Å². The van der Waals surface area contributed by atoms with Gasteiger partial charge in [0.15, 0.2) is 0 Å². The Hall–Kier alpha value is -0.570. The lowest BCUT2D eigenvalue weighted by Crippen LogP contribution is -2.31. The molecule has 1 heterocycles. The van der Waals surface area contributed by atoms with Gasteiger partial charge in [-0.3, -0.25) is 0 Å². The number of likely N-dealkylation sites (tertiary alicyclic amines) is 1. The Balaban J connectivity index is 1.87. The van der Waals surface area contributed by atoms with Crippen molar-refractivity contribution in [2.75, 3.05) is 13.6 Å². The molecule has 0 radical (unpaired) electrons. The first-order chi connectivity index (χ1) is 7.66. The molecule has 0 amide bonds. The van der Waals surface area contributed by atoms with Gasteiger partial charge in [-0.1, -0.05) is 29.8 Å². The molecule has 1 aliphatic rings. The van der Waals surface area contributed by atoms with E-state index in [1.807, 2.05) is 18.2 Å². The Morgan fingerprint density at radius 2 is 2.19 bits per heavy atom. The summed E-state index contributed by atoms with van der Waals surface area (Å²) in [6.45, 7) is 4.27. The molecule has 0 spiro atoms. The van der Waals surface area contributed by atoms with Crippen LogP contribution in [0.2, 0.25) is 5.02 Å². The normalized spacial score (nSPS) is 26.2. The SMILES string of the molecule is CC1CC(NCc2ccccc2Cl)CN1C. The van der Waals surface area contributed by atoms with E-state index in [-0.39, 0.29) is 0 Å². The molecular formula is C13H19ClN2. The molecule has 2 unspecified atom stereocenters. The molecule has 1 aromatic rings. The molecule has 1 aromatic carbocycles. The third kappa shape index (κ3) is 2.76. The molecule has 0 bridgehead atoms. The minimum Gasteiger partial charge on any atom is -0.309 e. The zero-order chi connectivity index (χ0) is 11.5. The van der Waals surface area contributed by atoms with Crippen LogP contribution in [-0.4, -0.2) is 30.6 Å². The molecule has 0 saturated carbocycles. The average molecular weight is 239 g/mol. The van der Waals surface area contributed by atoms with Crippen LogP contribution in [0.4, 0.5) is 0 Å². The van der Waals surface area contributed by atoms with Crippen molar-refractivity contribution < 1.29 is 0 Å². The van der Waals surface area contributed by atoms with Crippen molar-refractivity contribution in [2.45, 2.75) is 32.0 Å². The third-order valence-electron chi connectivity index (χ3n) is 3.43. The van der Waals surface area contributed by atoms with Gasteiger partial charge < -0.3 is 10.2 Å². The smallest absolute Gasteiger partial charge is 0.0450 e. The Morgan fingerprint density at radius 1 is 1.44 bits per heavy atom. The van der Waals surface area contributed by atoms with Crippen molar-refractivity contribution >= 4 is 11.6 Å². The van der Waals surface area contributed by atoms with Crippen molar-refractivity contribution in [3.63, 3.8) is 0 Å². The number of benzene rings is 1. The molecule has 2 nitrogen and oxygen atoms in total. The highest BCUT2D eigenvalue weighted by Gasteiger charge is 2.25. The number of hydrogen-bond donors (Lipinski definition) is 1. The van der Waals surface area contributed by atoms with Gasteiger partial charge in [-0.05, 0) is 32.0 Å². The average Bonchev–Trinajstić information content (AvgIpc) is 2.57. The number of halogens is 1. The van der Waals surface area contributed by atoms with E-state index in [2.05, 4.69) is 30.3 Å². The number of nitrogens with one attached hydrogen (secondary N) is 1. The largest absolute Gasteiger partial charge is 0.309 e. The van der Waals surface area contributed by atoms with Crippen molar-refractivity contribution in [1.29, 1.82) is 0 Å². The zero-order valence-corrected chi connectivity index (χ0v) is 10.7. The van der Waals surface area contributed by atoms with E-state index in [0.717, 1.165) is 18.1 Å². The van der Waals surface area contributed by atoms with E-state index in [1.54, 1.807) is 0 Å². The fourth-order valence-corrected chi connectivity index (χ4v) is 2.44. The molecule has 1 aliphatic heterocycles. The Kier molecular flexibility index (Phi) is 3.85. The van der Waals surface area contributed by atoms with E-state index in [0.29, 0.717) is 12.1 Å². The van der Waals surface area contributed by atoms with Crippen LogP contribution in [0.1, 0.15) is 18.9 Å². The molecule has 2 rings (SSSR count). The van der Waals surface area contributed by atoms with Crippen LogP contribution >= 0.6 is 11.6 Å². The van der Waals surface area contributed by atoms with Crippen molar-refractivity contribution in [1.82, 2.24) is 10.2 Å². The van der Waals surface area contributed by atoms with Crippen LogP contribution in [-0.2, 0) is 6.54 Å². The maximum Gasteiger partial charge on any atom is 0.0450 e. The fourth-order valence-electron chi connectivity index (χ4n) is 2.24. The molecular weight excluding hydrogens is 220 g/mol. The quantitative estimate of drug-likeness (QED) is 0.871. The van der Waals surface area contributed by atoms with Gasteiger partial charge in [-0.2, -0.15) is 0 Å². The summed E-state index contributed by atoms with van der Waals surface area (Å²) in [4.78, 5) is 2.39. The standard InChI is InChI=1S/C13H19ClN2/c1-10-7-12(9-16(10)2)15-8-11-5-3-4-6-13(11)14/h3-6,10,12,15H,7-9H2,1-2H3. The third-order valence-corrected chi connectivity index (χ3v) is 3.79. The number of hydrogen-bond acceptors (Lipinski definition) is 2. The highest BCUT2D eigenvalue weighted by atomic mass is 35.5. The second-order valence-electron chi connectivity index (χ2n) is 4.69. The first-order valence-corrected chi connectivity index (χ1v) is 6.21. The van der Waals surface area contributed by atoms with E-state index in [1.165, 1.54) is 12.0 Å². The lowest BCUT2D eigenvalue weighted by molar-refractivity contribution is 0.326. The Labute approximate surface area is 103 Å². The molecule has 3 heteroatoms. The van der Waals surface area contributed by atoms with Crippen LogP contribution in [0.5, 0.6) is 0 Å². The highest BCUT2D eigenvalue weighted by Crippen LogP contribution is 2.18. The summed E-state index contributed by atoms with van der Waals surface area (Å²) in [5.74, 6) is 0. The summed E-state index contributed by atoms with van der Waals surface area (Å²) < 4.78 is 0. The van der Waals surface area contributed by atoms with Crippen LogP contribution in [0.3, 0.4) is 0 Å². The van der Waals surface area contributed by atoms with Gasteiger partial charge in [0.25, 0.3) is 0 Å². The fraction of sp³-hybridized carbons (Fsp3) is 0.538. The van der Waals surface area contributed by atoms with Crippen molar-refractivity contribution in [3.05, 3.63) is 34.9 Å². The van der Waals surface area contributed by atoms with E-state index in [9.17, 15) is 0 Å². The minimum absolute atomic E-state index is 0.594. The van der Waals surface area contributed by atoms with Gasteiger partial charge in [0.2, 0.25) is 0 Å². The summed E-state index contributed by atoms with van der Waals surface area (Å²) in [5.41, 5.74) is 1.19. The summed E-state index contributed by atoms with van der Waals surface area (Å²) >= 11 is 6.12. The molecule has 1 fully saturated rings. The number of likely N-dealkylation sites (N-methyl/N-ethyl adjacent to an activating group) is 1. The first kappa shape index (κ1) is 11.9. The monoisotopic (exact) mass is 238 g/mol. The van der Waals surface area contributed by atoms with E-state index >= 15 is 0 Å². The molecule has 0 aliphatic carbocycles. The van der Waals surface area contributed by atoms with Gasteiger partial charge in [-0.25, -0.2) is 0 Å². The summed E-state index contributed by atoms with van der Waals surface area (Å²) in [5, 5.41) is 4.43. The lowest BCUT2D eigenvalue weighted by Gasteiger charge is -2.13. The Morgan fingerprint density at radius 3 is 2.81 bits per heavy atom. The molecule has 1 saturated heterocycles. The second kappa shape index (κ2) is 5.17. The van der Waals surface area contributed by atoms with Crippen LogP contribution in [0.25, 0.3) is 0 Å². The molecule has 16 heavy (non-hydrogen) atoms. The van der Waals surface area contributed by atoms with Crippen molar-refractivity contribution in [3.8, 4) is 0 Å². The number of nitrogens with zero attached hydrogens (tertiary/aromatic N) is 1. The van der Waals surface area contributed by atoms with Crippen LogP contribution in [0, 0.1) is 0 Å². The lowest BCUT2D eigenvalue weighted by atomic mass is 10.1. The molecule has 0 aromatic heterocycles. The van der Waals surface area contributed by atoms with Gasteiger partial charge in [0, 0.05) is 30.2 Å². The van der Waals surface area contributed by atoms with Crippen LogP contribution < -0.4 is 5.32 Å². The van der Waals surface area contributed by atoms with Gasteiger partial charge in [-0.15, -0.1) is 0 Å². The van der Waals surface area contributed by atoms with E-state index in [4.69, 9.17) is 11.6 Å². The summed E-state index contributed by atoms with van der Waals surface area (Å²) in [6, 6.07) is 9.31. The zero-order valence-electron chi connectivity index (χ0n) is 9.91. The first-order valence-electron chi connectivity index (χ1n) is 5.84. The van der Waals surface area contributed by atoms with Gasteiger partial charge in [0.1, 0.15) is 0 Å². The molecule has 88 valence electrons. The van der Waals surface area contributed by atoms with E-state index < -0.39 is 0 Å². The Bertz CT molecular complexity index is 344. The summed E-state index contributed by atoms with van der Waals surface area (Å²) in [7, 11) is 2.18. The van der Waals surface area contributed by atoms with Crippen molar-refractivity contribution in [2.24, 2.45) is 0 Å². The van der Waals surface area contributed by atoms with Gasteiger partial charge >= 0.3 is 0 Å². The summed E-state index contributed by atoms with van der Waals surface area (Å²) in [6.07, 6.45) is 1.22. The minimum atomic E-state index is 0.594. The second-order valence-corrected chi connectivity index (χ2v) is 5.10. The molecule has 1 N–H and O–H groups in total. The highest BCUT2D eigenvalue weighted by molar-refractivity contribution is 6.31. The number of rotatable bonds is 3. The predicted octanol–water partition coefficient (Wildman–Crippen LogP) is 2.52. The van der Waals surface area contributed by atoms with Crippen LogP contribution in [0.15, 0.2) is 24.3 Å². The maximum absolute atomic E-state index is 6.12. The molecule has 2 atom stereocenters. The predicted molar refractivity (Wildman–Crippen MR) is 68.8 cm³/mol.